The van der Waals surface area contributed by atoms with E-state index in [2.05, 4.69) is 6.92 Å². The molecule has 150 valence electrons. The number of rotatable bonds is 9. The van der Waals surface area contributed by atoms with Crippen LogP contribution in [0.4, 0.5) is 0 Å². The number of carbonyl (C=O) groups is 1. The summed E-state index contributed by atoms with van der Waals surface area (Å²) in [5, 5.41) is 0. The van der Waals surface area contributed by atoms with Crippen LogP contribution in [-0.4, -0.2) is 17.0 Å². The average Bonchev–Trinajstić information content (AvgIpc) is 2.75. The summed E-state index contributed by atoms with van der Waals surface area (Å²) in [5.74, 6) is 0.452. The van der Waals surface area contributed by atoms with Crippen molar-refractivity contribution in [1.29, 1.82) is 0 Å². The van der Waals surface area contributed by atoms with Crippen molar-refractivity contribution in [2.24, 2.45) is 0 Å². The second-order valence-corrected chi connectivity index (χ2v) is 7.21. The predicted molar refractivity (Wildman–Crippen MR) is 116 cm³/mol. The fourth-order valence-electron chi connectivity index (χ4n) is 3.28. The van der Waals surface area contributed by atoms with Crippen LogP contribution in [0, 0.1) is 6.92 Å². The topological polar surface area (TPSA) is 48.3 Å². The lowest BCUT2D eigenvalue weighted by molar-refractivity contribution is 0.103. The van der Waals surface area contributed by atoms with Crippen molar-refractivity contribution in [1.82, 2.24) is 4.57 Å². The predicted octanol–water partition coefficient (Wildman–Crippen LogP) is 5.01. The number of aromatic nitrogens is 1. The summed E-state index contributed by atoms with van der Waals surface area (Å²) < 4.78 is 7.47. The van der Waals surface area contributed by atoms with Crippen LogP contribution in [0.1, 0.15) is 53.2 Å². The first-order valence-corrected chi connectivity index (χ1v) is 10.1. The van der Waals surface area contributed by atoms with Crippen molar-refractivity contribution in [2.75, 3.05) is 6.61 Å². The first-order chi connectivity index (χ1) is 14.1. The molecule has 0 fully saturated rings. The Hall–Kier alpha value is -3.14. The number of ketones is 1. The van der Waals surface area contributed by atoms with Gasteiger partial charge in [0.2, 0.25) is 0 Å². The first-order valence-electron chi connectivity index (χ1n) is 10.1. The van der Waals surface area contributed by atoms with Gasteiger partial charge in [-0.25, -0.2) is 0 Å². The maximum Gasteiger partial charge on any atom is 0.253 e. The van der Waals surface area contributed by atoms with Gasteiger partial charge < -0.3 is 9.30 Å². The minimum Gasteiger partial charge on any atom is -0.493 e. The van der Waals surface area contributed by atoms with Crippen LogP contribution in [0.25, 0.3) is 0 Å². The van der Waals surface area contributed by atoms with E-state index < -0.39 is 0 Å². The second-order valence-electron chi connectivity index (χ2n) is 7.21. The average molecular weight is 389 g/mol. The molecule has 2 aromatic carbocycles. The number of aryl methyl sites for hydroxylation is 1. The number of pyridine rings is 1. The van der Waals surface area contributed by atoms with Gasteiger partial charge in [0.25, 0.3) is 5.56 Å². The van der Waals surface area contributed by atoms with E-state index >= 15 is 0 Å². The lowest BCUT2D eigenvalue weighted by Crippen LogP contribution is -2.24. The molecule has 3 rings (SSSR count). The van der Waals surface area contributed by atoms with E-state index in [1.54, 1.807) is 29.8 Å². The molecule has 4 nitrogen and oxygen atoms in total. The fourth-order valence-corrected chi connectivity index (χ4v) is 3.28. The number of para-hydroxylation sites is 1. The van der Waals surface area contributed by atoms with Crippen LogP contribution in [0.3, 0.4) is 0 Å². The van der Waals surface area contributed by atoms with E-state index in [4.69, 9.17) is 4.74 Å². The molecule has 1 heterocycles. The van der Waals surface area contributed by atoms with E-state index in [1.165, 1.54) is 0 Å². The highest BCUT2D eigenvalue weighted by Crippen LogP contribution is 2.22. The van der Waals surface area contributed by atoms with Gasteiger partial charge in [-0.2, -0.15) is 0 Å². The molecule has 1 aromatic heterocycles. The van der Waals surface area contributed by atoms with Crippen molar-refractivity contribution >= 4 is 5.78 Å². The van der Waals surface area contributed by atoms with Crippen LogP contribution < -0.4 is 10.3 Å². The third kappa shape index (κ3) is 5.23. The molecule has 0 amide bonds. The van der Waals surface area contributed by atoms with Gasteiger partial charge in [-0.15, -0.1) is 0 Å². The fraction of sp³-hybridized carbons (Fsp3) is 0.280. The SMILES string of the molecule is CCCCCOc1ccccc1C(=O)c1cc(C)c(=O)n(Cc2ccccc2)c1. The van der Waals surface area contributed by atoms with Gasteiger partial charge in [-0.3, -0.25) is 9.59 Å². The molecule has 0 aliphatic heterocycles. The van der Waals surface area contributed by atoms with Gasteiger partial charge in [0, 0.05) is 17.3 Å². The third-order valence-corrected chi connectivity index (χ3v) is 4.86. The Morgan fingerprint density at radius 2 is 1.72 bits per heavy atom. The number of unbranched alkanes of at least 4 members (excludes halogenated alkanes) is 2. The minimum atomic E-state index is -0.138. The van der Waals surface area contributed by atoms with Gasteiger partial charge in [0.05, 0.1) is 18.7 Å². The Labute approximate surface area is 171 Å². The maximum atomic E-state index is 13.2. The molecule has 0 atom stereocenters. The Balaban J connectivity index is 1.89. The Bertz CT molecular complexity index is 1020. The summed E-state index contributed by atoms with van der Waals surface area (Å²) in [7, 11) is 0. The number of nitrogens with zero attached hydrogens (tertiary/aromatic N) is 1. The lowest BCUT2D eigenvalue weighted by atomic mass is 10.0. The normalized spacial score (nSPS) is 10.7. The van der Waals surface area contributed by atoms with Crippen molar-refractivity contribution in [3.63, 3.8) is 0 Å². The summed E-state index contributed by atoms with van der Waals surface area (Å²) in [4.78, 5) is 25.8. The van der Waals surface area contributed by atoms with Gasteiger partial charge in [-0.1, -0.05) is 62.2 Å². The first kappa shape index (κ1) is 20.6. The molecule has 0 aliphatic rings. The number of hydrogen-bond acceptors (Lipinski definition) is 3. The highest BCUT2D eigenvalue weighted by Gasteiger charge is 2.17. The quantitative estimate of drug-likeness (QED) is 0.382. The smallest absolute Gasteiger partial charge is 0.253 e. The molecule has 29 heavy (non-hydrogen) atoms. The summed E-state index contributed by atoms with van der Waals surface area (Å²) >= 11 is 0. The Morgan fingerprint density at radius 1 is 1.00 bits per heavy atom. The number of carbonyl (C=O) groups excluding carboxylic acids is 1. The standard InChI is InChI=1S/C25H27NO3/c1-3-4-10-15-29-23-14-9-8-13-22(23)24(27)21-16-19(2)25(28)26(18-21)17-20-11-6-5-7-12-20/h5-9,11-14,16,18H,3-4,10,15,17H2,1-2H3. The molecule has 4 heteroatoms. The van der Waals surface area contributed by atoms with E-state index in [0.29, 0.717) is 35.6 Å². The van der Waals surface area contributed by atoms with Crippen LogP contribution in [0.5, 0.6) is 5.75 Å². The molecule has 3 aromatic rings. The summed E-state index contributed by atoms with van der Waals surface area (Å²) in [5.41, 5.74) is 2.48. The van der Waals surface area contributed by atoms with Gasteiger partial charge in [0.15, 0.2) is 5.78 Å². The van der Waals surface area contributed by atoms with E-state index in [9.17, 15) is 9.59 Å². The zero-order valence-electron chi connectivity index (χ0n) is 17.1. The van der Waals surface area contributed by atoms with Crippen LogP contribution >= 0.6 is 0 Å². The summed E-state index contributed by atoms with van der Waals surface area (Å²) in [6.07, 6.45) is 4.82. The molecular weight excluding hydrogens is 362 g/mol. The van der Waals surface area contributed by atoms with Crippen LogP contribution in [0.2, 0.25) is 0 Å². The zero-order chi connectivity index (χ0) is 20.6. The van der Waals surface area contributed by atoms with E-state index in [-0.39, 0.29) is 11.3 Å². The van der Waals surface area contributed by atoms with Crippen molar-refractivity contribution in [2.45, 2.75) is 39.7 Å². The molecule has 0 spiro atoms. The molecule has 0 radical (unpaired) electrons. The highest BCUT2D eigenvalue weighted by atomic mass is 16.5. The van der Waals surface area contributed by atoms with Crippen LogP contribution in [-0.2, 0) is 6.54 Å². The van der Waals surface area contributed by atoms with Crippen LogP contribution in [0.15, 0.2) is 71.7 Å². The van der Waals surface area contributed by atoms with Gasteiger partial charge >= 0.3 is 0 Å². The summed E-state index contributed by atoms with van der Waals surface area (Å²) in [6.45, 7) is 4.90. The molecule has 0 saturated heterocycles. The van der Waals surface area contributed by atoms with E-state index in [1.807, 2.05) is 48.5 Å². The lowest BCUT2D eigenvalue weighted by Gasteiger charge is -2.13. The minimum absolute atomic E-state index is 0.0884. The number of hydrogen-bond donors (Lipinski definition) is 0. The number of ether oxygens (including phenoxy) is 1. The number of benzene rings is 2. The monoisotopic (exact) mass is 389 g/mol. The molecule has 0 saturated carbocycles. The van der Waals surface area contributed by atoms with Gasteiger partial charge in [0.1, 0.15) is 5.75 Å². The molecular formula is C25H27NO3. The molecule has 0 bridgehead atoms. The maximum absolute atomic E-state index is 13.2. The highest BCUT2D eigenvalue weighted by molar-refractivity contribution is 6.10. The molecule has 0 N–H and O–H groups in total. The summed E-state index contributed by atoms with van der Waals surface area (Å²) in [6, 6.07) is 18.7. The van der Waals surface area contributed by atoms with Crippen molar-refractivity contribution < 1.29 is 9.53 Å². The second kappa shape index (κ2) is 9.87. The van der Waals surface area contributed by atoms with Crippen molar-refractivity contribution in [3.8, 4) is 5.75 Å². The van der Waals surface area contributed by atoms with Crippen molar-refractivity contribution in [3.05, 3.63) is 99.5 Å². The van der Waals surface area contributed by atoms with E-state index in [0.717, 1.165) is 24.8 Å². The molecule has 0 unspecified atom stereocenters. The Morgan fingerprint density at radius 3 is 2.48 bits per heavy atom. The molecule has 0 aliphatic carbocycles. The third-order valence-electron chi connectivity index (χ3n) is 4.86. The zero-order valence-corrected chi connectivity index (χ0v) is 17.1. The Kier molecular flexibility index (Phi) is 7.01. The van der Waals surface area contributed by atoms with Gasteiger partial charge in [-0.05, 0) is 37.1 Å². The largest absolute Gasteiger partial charge is 0.493 e.